The summed E-state index contributed by atoms with van der Waals surface area (Å²) in [6.07, 6.45) is 2.73. The first-order valence-electron chi connectivity index (χ1n) is 7.18. The number of Topliss-reactive ketones (excluding diaryl/α,β-unsaturated/α-hetero) is 1. The number of nitriles is 1. The first-order valence-corrected chi connectivity index (χ1v) is 7.55. The Hall–Kier alpha value is -3.43. The molecular formula is C18H10ClN3O3. The van der Waals surface area contributed by atoms with Crippen molar-refractivity contribution in [2.24, 2.45) is 0 Å². The third-order valence-electron chi connectivity index (χ3n) is 3.69. The lowest BCUT2D eigenvalue weighted by atomic mass is 10.0. The number of hydrogen-bond acceptors (Lipinski definition) is 4. The van der Waals surface area contributed by atoms with Gasteiger partial charge in [0, 0.05) is 33.8 Å². The summed E-state index contributed by atoms with van der Waals surface area (Å²) in [6.45, 7) is 0. The van der Waals surface area contributed by atoms with Crippen LogP contribution in [0.3, 0.4) is 0 Å². The quantitative estimate of drug-likeness (QED) is 0.245. The van der Waals surface area contributed by atoms with Crippen molar-refractivity contribution in [2.45, 2.75) is 0 Å². The summed E-state index contributed by atoms with van der Waals surface area (Å²) in [5.74, 6) is -0.519. The second-order valence-corrected chi connectivity index (χ2v) is 5.64. The molecule has 0 aliphatic carbocycles. The Morgan fingerprint density at radius 1 is 1.28 bits per heavy atom. The zero-order valence-electron chi connectivity index (χ0n) is 12.7. The Balaban J connectivity index is 2.08. The van der Waals surface area contributed by atoms with Crippen LogP contribution >= 0.6 is 11.6 Å². The maximum absolute atomic E-state index is 12.7. The number of aromatic nitrogens is 1. The van der Waals surface area contributed by atoms with E-state index >= 15 is 0 Å². The topological polar surface area (TPSA) is 99.8 Å². The van der Waals surface area contributed by atoms with Crippen molar-refractivity contribution in [3.63, 3.8) is 0 Å². The minimum atomic E-state index is -0.557. The number of benzene rings is 2. The number of aromatic amines is 1. The fourth-order valence-electron chi connectivity index (χ4n) is 2.51. The summed E-state index contributed by atoms with van der Waals surface area (Å²) >= 11 is 5.92. The molecule has 2 aromatic carbocycles. The van der Waals surface area contributed by atoms with Gasteiger partial charge in [-0.15, -0.1) is 0 Å². The van der Waals surface area contributed by atoms with Crippen molar-refractivity contribution in [3.8, 4) is 6.07 Å². The minimum absolute atomic E-state index is 0.172. The van der Waals surface area contributed by atoms with Crippen LogP contribution in [0, 0.1) is 21.4 Å². The third-order valence-corrected chi connectivity index (χ3v) is 3.92. The van der Waals surface area contributed by atoms with Crippen LogP contribution in [0.5, 0.6) is 0 Å². The number of fused-ring (bicyclic) bond motifs is 1. The largest absolute Gasteiger partial charge is 0.360 e. The Bertz CT molecular complexity index is 1080. The molecule has 7 heteroatoms. The van der Waals surface area contributed by atoms with Crippen LogP contribution in [-0.2, 0) is 0 Å². The Labute approximate surface area is 147 Å². The molecule has 3 aromatic rings. The lowest BCUT2D eigenvalue weighted by molar-refractivity contribution is -0.385. The highest BCUT2D eigenvalue weighted by molar-refractivity contribution is 6.31. The van der Waals surface area contributed by atoms with Gasteiger partial charge in [0.25, 0.3) is 5.69 Å². The van der Waals surface area contributed by atoms with Crippen molar-refractivity contribution in [2.75, 3.05) is 0 Å². The van der Waals surface area contributed by atoms with Crippen LogP contribution in [0.4, 0.5) is 5.69 Å². The second kappa shape index (κ2) is 6.59. The molecule has 0 fully saturated rings. The van der Waals surface area contributed by atoms with E-state index in [1.807, 2.05) is 6.07 Å². The van der Waals surface area contributed by atoms with Gasteiger partial charge >= 0.3 is 0 Å². The molecule has 1 N–H and O–H groups in total. The van der Waals surface area contributed by atoms with Gasteiger partial charge in [0.1, 0.15) is 11.6 Å². The highest BCUT2D eigenvalue weighted by Crippen LogP contribution is 2.26. The van der Waals surface area contributed by atoms with Gasteiger partial charge in [-0.3, -0.25) is 14.9 Å². The highest BCUT2D eigenvalue weighted by Gasteiger charge is 2.19. The van der Waals surface area contributed by atoms with Crippen molar-refractivity contribution < 1.29 is 9.72 Å². The van der Waals surface area contributed by atoms with Crippen molar-refractivity contribution >= 4 is 40.1 Å². The van der Waals surface area contributed by atoms with Gasteiger partial charge in [0.2, 0.25) is 5.78 Å². The maximum atomic E-state index is 12.7. The van der Waals surface area contributed by atoms with Gasteiger partial charge in [-0.25, -0.2) is 0 Å². The van der Waals surface area contributed by atoms with E-state index in [1.165, 1.54) is 30.5 Å². The first-order chi connectivity index (χ1) is 12.0. The van der Waals surface area contributed by atoms with E-state index < -0.39 is 10.7 Å². The number of carbonyl (C=O) groups excluding carboxylic acids is 1. The summed E-state index contributed by atoms with van der Waals surface area (Å²) in [4.78, 5) is 26.2. The predicted octanol–water partition coefficient (Wildman–Crippen LogP) is 4.52. The second-order valence-electron chi connectivity index (χ2n) is 5.21. The SMILES string of the molecule is N#CC(=Cc1ccccc1[N+](=O)[O-])C(=O)c1c[nH]c2cc(Cl)ccc12. The van der Waals surface area contributed by atoms with Crippen LogP contribution in [0.1, 0.15) is 15.9 Å². The fourth-order valence-corrected chi connectivity index (χ4v) is 2.68. The van der Waals surface area contributed by atoms with E-state index in [1.54, 1.807) is 24.3 Å². The van der Waals surface area contributed by atoms with Crippen LogP contribution in [0.15, 0.2) is 54.2 Å². The molecule has 0 amide bonds. The van der Waals surface area contributed by atoms with Gasteiger partial charge in [-0.2, -0.15) is 5.26 Å². The van der Waals surface area contributed by atoms with E-state index in [9.17, 15) is 20.2 Å². The summed E-state index contributed by atoms with van der Waals surface area (Å²) in [5, 5.41) is 21.6. The molecule has 0 radical (unpaired) electrons. The standard InChI is InChI=1S/C18H10ClN3O3/c19-13-5-6-14-15(10-21-16(14)8-13)18(23)12(9-20)7-11-3-1-2-4-17(11)22(24)25/h1-8,10,21H. The van der Waals surface area contributed by atoms with Crippen LogP contribution in [-0.4, -0.2) is 15.7 Å². The minimum Gasteiger partial charge on any atom is -0.360 e. The number of nitro benzene ring substituents is 1. The molecular weight excluding hydrogens is 342 g/mol. The number of ketones is 1. The van der Waals surface area contributed by atoms with Crippen molar-refractivity contribution in [1.82, 2.24) is 4.98 Å². The average Bonchev–Trinajstić information content (AvgIpc) is 3.02. The molecule has 0 saturated carbocycles. The lowest BCUT2D eigenvalue weighted by Crippen LogP contribution is -2.01. The van der Waals surface area contributed by atoms with Gasteiger partial charge < -0.3 is 4.98 Å². The Morgan fingerprint density at radius 3 is 2.76 bits per heavy atom. The molecule has 0 aliphatic rings. The van der Waals surface area contributed by atoms with E-state index in [0.717, 1.165) is 0 Å². The highest BCUT2D eigenvalue weighted by atomic mass is 35.5. The smallest absolute Gasteiger partial charge is 0.276 e. The molecule has 1 aromatic heterocycles. The fraction of sp³-hybridized carbons (Fsp3) is 0. The van der Waals surface area contributed by atoms with Gasteiger partial charge in [0.15, 0.2) is 0 Å². The number of para-hydroxylation sites is 1. The van der Waals surface area contributed by atoms with E-state index in [-0.39, 0.29) is 16.8 Å². The number of nitrogens with one attached hydrogen (secondary N) is 1. The Morgan fingerprint density at radius 2 is 2.04 bits per heavy atom. The van der Waals surface area contributed by atoms with Crippen LogP contribution < -0.4 is 0 Å². The molecule has 0 atom stereocenters. The van der Waals surface area contributed by atoms with Crippen molar-refractivity contribution in [3.05, 3.63) is 80.5 Å². The molecule has 3 rings (SSSR count). The normalized spacial score (nSPS) is 11.3. The monoisotopic (exact) mass is 351 g/mol. The molecule has 0 unspecified atom stereocenters. The molecule has 122 valence electrons. The molecule has 0 spiro atoms. The van der Waals surface area contributed by atoms with Crippen LogP contribution in [0.2, 0.25) is 5.02 Å². The maximum Gasteiger partial charge on any atom is 0.276 e. The summed E-state index contributed by atoms with van der Waals surface area (Å²) in [6, 6.07) is 12.8. The number of nitro groups is 1. The van der Waals surface area contributed by atoms with E-state index in [2.05, 4.69) is 4.98 Å². The number of nitrogens with zero attached hydrogens (tertiary/aromatic N) is 2. The number of H-pyrrole nitrogens is 1. The molecule has 0 bridgehead atoms. The van der Waals surface area contributed by atoms with Crippen molar-refractivity contribution in [1.29, 1.82) is 5.26 Å². The zero-order valence-corrected chi connectivity index (χ0v) is 13.4. The number of allylic oxidation sites excluding steroid dienone is 1. The number of hydrogen-bond donors (Lipinski definition) is 1. The summed E-state index contributed by atoms with van der Waals surface area (Å²) in [7, 11) is 0. The zero-order chi connectivity index (χ0) is 18.0. The van der Waals surface area contributed by atoms with Crippen LogP contribution in [0.25, 0.3) is 17.0 Å². The van der Waals surface area contributed by atoms with E-state index in [0.29, 0.717) is 21.5 Å². The molecule has 6 nitrogen and oxygen atoms in total. The number of rotatable bonds is 4. The summed E-state index contributed by atoms with van der Waals surface area (Å²) < 4.78 is 0. The van der Waals surface area contributed by atoms with Gasteiger partial charge in [0.05, 0.1) is 10.5 Å². The average molecular weight is 352 g/mol. The van der Waals surface area contributed by atoms with E-state index in [4.69, 9.17) is 11.6 Å². The predicted molar refractivity (Wildman–Crippen MR) is 94.3 cm³/mol. The first kappa shape index (κ1) is 16.4. The number of carbonyl (C=O) groups is 1. The Kier molecular flexibility index (Phi) is 4.33. The third kappa shape index (κ3) is 3.13. The van der Waals surface area contributed by atoms with Gasteiger partial charge in [-0.05, 0) is 24.3 Å². The summed E-state index contributed by atoms with van der Waals surface area (Å²) in [5.41, 5.74) is 0.802. The molecule has 0 aliphatic heterocycles. The van der Waals surface area contributed by atoms with Gasteiger partial charge in [-0.1, -0.05) is 29.8 Å². The molecule has 25 heavy (non-hydrogen) atoms. The molecule has 1 heterocycles. The molecule has 0 saturated heterocycles. The number of halogens is 1. The lowest BCUT2D eigenvalue weighted by Gasteiger charge is -2.00.